The Balaban J connectivity index is 2.76. The van der Waals surface area contributed by atoms with Crippen LogP contribution in [-0.4, -0.2) is 31.7 Å². The summed E-state index contributed by atoms with van der Waals surface area (Å²) in [5, 5.41) is 0. The monoisotopic (exact) mass is 163 g/mol. The molecule has 1 rings (SSSR count). The maximum atomic E-state index is 10.8. The zero-order valence-electron chi connectivity index (χ0n) is 5.41. The molecule has 0 spiro atoms. The number of ketones is 1. The molecule has 0 aromatic heterocycles. The number of carbonyl (C=O) groups is 1. The quantitative estimate of drug-likeness (QED) is 0.481. The highest BCUT2D eigenvalue weighted by atomic mass is 32.2. The van der Waals surface area contributed by atoms with E-state index < -0.39 is 15.9 Å². The van der Waals surface area contributed by atoms with Gasteiger partial charge >= 0.3 is 0 Å². The van der Waals surface area contributed by atoms with Crippen LogP contribution in [0.1, 0.15) is 6.42 Å². The van der Waals surface area contributed by atoms with Gasteiger partial charge < -0.3 is 5.73 Å². The molecule has 0 saturated carbocycles. The zero-order valence-corrected chi connectivity index (χ0v) is 6.23. The summed E-state index contributed by atoms with van der Waals surface area (Å²) in [6.07, 6.45) is 0.0868. The van der Waals surface area contributed by atoms with Gasteiger partial charge in [-0.15, -0.1) is 0 Å². The Morgan fingerprint density at radius 2 is 2.10 bits per heavy atom. The van der Waals surface area contributed by atoms with Gasteiger partial charge in [0.1, 0.15) is 0 Å². The summed E-state index contributed by atoms with van der Waals surface area (Å²) in [5.41, 5.74) is 5.23. The maximum Gasteiger partial charge on any atom is 0.152 e. The normalized spacial score (nSPS) is 32.1. The van der Waals surface area contributed by atoms with Crippen molar-refractivity contribution in [3.8, 4) is 0 Å². The van der Waals surface area contributed by atoms with Crippen LogP contribution in [0.25, 0.3) is 0 Å². The smallest absolute Gasteiger partial charge is 0.152 e. The number of sulfone groups is 1. The number of rotatable bonds is 0. The molecule has 5 heteroatoms. The SMILES string of the molecule is N[C@H]1CS(=O)(=O)CCC1=O. The predicted molar refractivity (Wildman–Crippen MR) is 36.3 cm³/mol. The highest BCUT2D eigenvalue weighted by Crippen LogP contribution is 2.06. The lowest BCUT2D eigenvalue weighted by Crippen LogP contribution is -2.43. The molecule has 58 valence electrons. The zero-order chi connectivity index (χ0) is 7.78. The Morgan fingerprint density at radius 1 is 1.50 bits per heavy atom. The fourth-order valence-electron chi connectivity index (χ4n) is 0.891. The van der Waals surface area contributed by atoms with Gasteiger partial charge in [-0.1, -0.05) is 0 Å². The van der Waals surface area contributed by atoms with Crippen LogP contribution in [0.15, 0.2) is 0 Å². The molecule has 1 fully saturated rings. The number of nitrogens with two attached hydrogens (primary N) is 1. The third-order valence-corrected chi connectivity index (χ3v) is 3.20. The van der Waals surface area contributed by atoms with Crippen LogP contribution < -0.4 is 5.73 Å². The second kappa shape index (κ2) is 2.32. The lowest BCUT2D eigenvalue weighted by Gasteiger charge is -2.15. The van der Waals surface area contributed by atoms with Crippen LogP contribution in [0, 0.1) is 0 Å². The summed E-state index contributed by atoms with van der Waals surface area (Å²) in [6.45, 7) is 0. The molecule has 10 heavy (non-hydrogen) atoms. The first-order chi connectivity index (χ1) is 4.51. The van der Waals surface area contributed by atoms with E-state index in [2.05, 4.69) is 0 Å². The van der Waals surface area contributed by atoms with Crippen LogP contribution in [0.3, 0.4) is 0 Å². The molecule has 0 unspecified atom stereocenters. The molecule has 0 aromatic rings. The van der Waals surface area contributed by atoms with Crippen LogP contribution in [0.5, 0.6) is 0 Å². The van der Waals surface area contributed by atoms with Gasteiger partial charge in [-0.2, -0.15) is 0 Å². The van der Waals surface area contributed by atoms with Crippen molar-refractivity contribution in [2.75, 3.05) is 11.5 Å². The number of Topliss-reactive ketones (excluding diaryl/α,β-unsaturated/α-hetero) is 1. The number of hydrogen-bond acceptors (Lipinski definition) is 4. The first-order valence-corrected chi connectivity index (χ1v) is 4.82. The molecule has 4 nitrogen and oxygen atoms in total. The average Bonchev–Trinajstić information content (AvgIpc) is 1.79. The van der Waals surface area contributed by atoms with Gasteiger partial charge in [0.15, 0.2) is 15.6 Å². The largest absolute Gasteiger partial charge is 0.321 e. The summed E-state index contributed by atoms with van der Waals surface area (Å²) in [5.74, 6) is -0.347. The number of carbonyl (C=O) groups excluding carboxylic acids is 1. The van der Waals surface area contributed by atoms with E-state index in [-0.39, 0.29) is 23.7 Å². The fourth-order valence-corrected chi connectivity index (χ4v) is 2.30. The third-order valence-electron chi connectivity index (χ3n) is 1.51. The molecular weight excluding hydrogens is 154 g/mol. The van der Waals surface area contributed by atoms with Crippen LogP contribution in [0.4, 0.5) is 0 Å². The Kier molecular flexibility index (Phi) is 1.78. The van der Waals surface area contributed by atoms with Gasteiger partial charge in [0.25, 0.3) is 0 Å². The van der Waals surface area contributed by atoms with Gasteiger partial charge in [-0.25, -0.2) is 8.42 Å². The van der Waals surface area contributed by atoms with E-state index in [0.29, 0.717) is 0 Å². The van der Waals surface area contributed by atoms with E-state index in [4.69, 9.17) is 5.73 Å². The Hall–Kier alpha value is -0.420. The Labute approximate surface area is 59.3 Å². The molecule has 1 aliphatic heterocycles. The van der Waals surface area contributed by atoms with Crippen molar-refractivity contribution in [3.05, 3.63) is 0 Å². The van der Waals surface area contributed by atoms with Gasteiger partial charge in [0, 0.05) is 6.42 Å². The van der Waals surface area contributed by atoms with Gasteiger partial charge in [0.2, 0.25) is 0 Å². The molecular formula is C5H9NO3S. The average molecular weight is 163 g/mol. The minimum atomic E-state index is -3.01. The molecule has 1 aliphatic rings. The van der Waals surface area contributed by atoms with Gasteiger partial charge in [-0.05, 0) is 0 Å². The second-order valence-electron chi connectivity index (χ2n) is 2.44. The van der Waals surface area contributed by atoms with Crippen LogP contribution >= 0.6 is 0 Å². The standard InChI is InChI=1S/C5H9NO3S/c6-4-3-10(8,9)2-1-5(4)7/h4H,1-3,6H2/t4-/m0/s1. The molecule has 0 amide bonds. The van der Waals surface area contributed by atoms with Crippen molar-refractivity contribution in [1.82, 2.24) is 0 Å². The molecule has 0 radical (unpaired) electrons. The van der Waals surface area contributed by atoms with Gasteiger partial charge in [-0.3, -0.25) is 4.79 Å². The van der Waals surface area contributed by atoms with Crippen molar-refractivity contribution in [2.45, 2.75) is 12.5 Å². The molecule has 1 heterocycles. The van der Waals surface area contributed by atoms with E-state index in [0.717, 1.165) is 0 Å². The number of hydrogen-bond donors (Lipinski definition) is 1. The molecule has 2 N–H and O–H groups in total. The van der Waals surface area contributed by atoms with E-state index in [1.165, 1.54) is 0 Å². The lowest BCUT2D eigenvalue weighted by molar-refractivity contribution is -0.119. The first-order valence-electron chi connectivity index (χ1n) is 3.00. The van der Waals surface area contributed by atoms with Crippen molar-refractivity contribution in [2.24, 2.45) is 5.73 Å². The summed E-state index contributed by atoms with van der Waals surface area (Å²) in [6, 6.07) is -0.779. The van der Waals surface area contributed by atoms with E-state index in [9.17, 15) is 13.2 Å². The van der Waals surface area contributed by atoms with Crippen molar-refractivity contribution in [3.63, 3.8) is 0 Å². The molecule has 0 aromatic carbocycles. The highest BCUT2D eigenvalue weighted by molar-refractivity contribution is 7.91. The third kappa shape index (κ3) is 1.54. The molecule has 1 saturated heterocycles. The lowest BCUT2D eigenvalue weighted by atomic mass is 10.2. The van der Waals surface area contributed by atoms with Crippen molar-refractivity contribution >= 4 is 15.6 Å². The summed E-state index contributed by atoms with van der Waals surface area (Å²) >= 11 is 0. The van der Waals surface area contributed by atoms with Crippen LogP contribution in [-0.2, 0) is 14.6 Å². The predicted octanol–water partition coefficient (Wildman–Crippen LogP) is -1.30. The minimum absolute atomic E-state index is 0.0282. The van der Waals surface area contributed by atoms with E-state index >= 15 is 0 Å². The Morgan fingerprint density at radius 3 is 2.50 bits per heavy atom. The van der Waals surface area contributed by atoms with Crippen LogP contribution in [0.2, 0.25) is 0 Å². The second-order valence-corrected chi connectivity index (χ2v) is 4.67. The summed E-state index contributed by atoms with van der Waals surface area (Å²) in [4.78, 5) is 10.7. The fraction of sp³-hybridized carbons (Fsp3) is 0.800. The first kappa shape index (κ1) is 7.68. The summed E-state index contributed by atoms with van der Waals surface area (Å²) in [7, 11) is -3.01. The molecule has 0 bridgehead atoms. The summed E-state index contributed by atoms with van der Waals surface area (Å²) < 4.78 is 21.5. The van der Waals surface area contributed by atoms with E-state index in [1.54, 1.807) is 0 Å². The van der Waals surface area contributed by atoms with E-state index in [1.807, 2.05) is 0 Å². The highest BCUT2D eigenvalue weighted by Gasteiger charge is 2.28. The molecule has 1 atom stereocenters. The Bertz CT molecular complexity index is 244. The minimum Gasteiger partial charge on any atom is -0.321 e. The van der Waals surface area contributed by atoms with Gasteiger partial charge in [0.05, 0.1) is 17.5 Å². The molecule has 0 aliphatic carbocycles. The van der Waals surface area contributed by atoms with Crippen molar-refractivity contribution < 1.29 is 13.2 Å². The van der Waals surface area contributed by atoms with Crippen molar-refractivity contribution in [1.29, 1.82) is 0 Å². The maximum absolute atomic E-state index is 10.8. The topological polar surface area (TPSA) is 77.2 Å².